The van der Waals surface area contributed by atoms with E-state index in [0.717, 1.165) is 35.3 Å². The third kappa shape index (κ3) is 3.51. The minimum atomic E-state index is -0.294. The first-order chi connectivity index (χ1) is 13.0. The number of hydrogen-bond donors (Lipinski definition) is 0. The Labute approximate surface area is 158 Å². The van der Waals surface area contributed by atoms with Crippen LogP contribution in [0.5, 0.6) is 0 Å². The molecule has 2 aliphatic heterocycles. The number of aromatic nitrogens is 2. The van der Waals surface area contributed by atoms with Crippen molar-refractivity contribution in [2.45, 2.75) is 32.8 Å². The predicted molar refractivity (Wildman–Crippen MR) is 100 cm³/mol. The molecule has 2 saturated heterocycles. The molecular weight excluding hydrogens is 344 g/mol. The highest BCUT2D eigenvalue weighted by Crippen LogP contribution is 2.18. The summed E-state index contributed by atoms with van der Waals surface area (Å²) in [4.78, 5) is 38.0. The summed E-state index contributed by atoms with van der Waals surface area (Å²) in [6.07, 6.45) is 1.45. The maximum atomic E-state index is 12.9. The number of aryl methyl sites for hydroxylation is 2. The Morgan fingerprint density at radius 1 is 1.00 bits per heavy atom. The van der Waals surface area contributed by atoms with Gasteiger partial charge in [0.25, 0.3) is 11.8 Å². The molecule has 2 fully saturated rings. The van der Waals surface area contributed by atoms with Gasteiger partial charge in [-0.2, -0.15) is 0 Å². The van der Waals surface area contributed by atoms with E-state index in [1.54, 1.807) is 17.0 Å². The molecule has 2 aromatic rings. The van der Waals surface area contributed by atoms with Crippen molar-refractivity contribution >= 4 is 22.8 Å². The van der Waals surface area contributed by atoms with Crippen LogP contribution in [-0.2, 0) is 9.53 Å². The molecule has 2 aliphatic rings. The Balaban J connectivity index is 1.44. The quantitative estimate of drug-likeness (QED) is 0.807. The van der Waals surface area contributed by atoms with Gasteiger partial charge in [0.05, 0.1) is 22.4 Å². The van der Waals surface area contributed by atoms with Gasteiger partial charge in [0.2, 0.25) is 0 Å². The number of nitrogens with zero attached hydrogens (tertiary/aromatic N) is 4. The van der Waals surface area contributed by atoms with E-state index in [1.165, 1.54) is 0 Å². The molecule has 2 amide bonds. The molecule has 0 saturated carbocycles. The SMILES string of the molecule is Cc1nc2ccc(C(=O)N3CCN(C(=O)C4CCCO4)CC3)cc2nc1C. The highest BCUT2D eigenvalue weighted by atomic mass is 16.5. The predicted octanol–water partition coefficient (Wildman–Crippen LogP) is 1.71. The van der Waals surface area contributed by atoms with Crippen LogP contribution in [0.15, 0.2) is 18.2 Å². The number of ether oxygens (including phenoxy) is 1. The molecule has 1 aromatic carbocycles. The number of benzene rings is 1. The average molecular weight is 368 g/mol. The summed E-state index contributed by atoms with van der Waals surface area (Å²) in [7, 11) is 0. The largest absolute Gasteiger partial charge is 0.368 e. The summed E-state index contributed by atoms with van der Waals surface area (Å²) in [6.45, 7) is 6.69. The van der Waals surface area contributed by atoms with Crippen LogP contribution in [0.3, 0.4) is 0 Å². The van der Waals surface area contributed by atoms with Crippen molar-refractivity contribution < 1.29 is 14.3 Å². The standard InChI is InChI=1S/C20H24N4O3/c1-13-14(2)22-17-12-15(5-6-16(17)21-13)19(25)23-7-9-24(10-8-23)20(26)18-4-3-11-27-18/h5-6,12,18H,3-4,7-11H2,1-2H3. The van der Waals surface area contributed by atoms with Crippen molar-refractivity contribution in [3.8, 4) is 0 Å². The highest BCUT2D eigenvalue weighted by Gasteiger charge is 2.31. The van der Waals surface area contributed by atoms with Gasteiger partial charge in [-0.1, -0.05) is 0 Å². The first-order valence-corrected chi connectivity index (χ1v) is 9.47. The lowest BCUT2D eigenvalue weighted by molar-refractivity contribution is -0.142. The summed E-state index contributed by atoms with van der Waals surface area (Å²) in [5, 5.41) is 0. The van der Waals surface area contributed by atoms with Gasteiger partial charge in [-0.05, 0) is 44.9 Å². The first-order valence-electron chi connectivity index (χ1n) is 9.47. The fourth-order valence-electron chi connectivity index (χ4n) is 3.65. The minimum absolute atomic E-state index is 0.0267. The van der Waals surface area contributed by atoms with E-state index in [0.29, 0.717) is 38.3 Å². The maximum Gasteiger partial charge on any atom is 0.254 e. The molecule has 0 bridgehead atoms. The Kier molecular flexibility index (Phi) is 4.78. The molecule has 1 unspecified atom stereocenters. The molecule has 0 spiro atoms. The normalized spacial score (nSPS) is 20.3. The van der Waals surface area contributed by atoms with E-state index in [9.17, 15) is 9.59 Å². The van der Waals surface area contributed by atoms with Crippen molar-refractivity contribution in [2.24, 2.45) is 0 Å². The van der Waals surface area contributed by atoms with E-state index in [1.807, 2.05) is 24.8 Å². The number of hydrogen-bond acceptors (Lipinski definition) is 5. The maximum absolute atomic E-state index is 12.9. The van der Waals surface area contributed by atoms with E-state index in [4.69, 9.17) is 4.74 Å². The van der Waals surface area contributed by atoms with Crippen LogP contribution in [0, 0.1) is 13.8 Å². The Hall–Kier alpha value is -2.54. The first kappa shape index (κ1) is 17.9. The molecular formula is C20H24N4O3. The number of rotatable bonds is 2. The Bertz CT molecular complexity index is 884. The zero-order valence-corrected chi connectivity index (χ0v) is 15.8. The van der Waals surface area contributed by atoms with Gasteiger partial charge >= 0.3 is 0 Å². The van der Waals surface area contributed by atoms with Crippen LogP contribution in [-0.4, -0.2) is 70.5 Å². The van der Waals surface area contributed by atoms with Crippen molar-refractivity contribution in [1.82, 2.24) is 19.8 Å². The summed E-state index contributed by atoms with van der Waals surface area (Å²) >= 11 is 0. The van der Waals surface area contributed by atoms with Crippen molar-refractivity contribution in [3.05, 3.63) is 35.2 Å². The van der Waals surface area contributed by atoms with E-state index in [2.05, 4.69) is 9.97 Å². The molecule has 4 rings (SSSR count). The van der Waals surface area contributed by atoms with Crippen molar-refractivity contribution in [1.29, 1.82) is 0 Å². The molecule has 3 heterocycles. The summed E-state index contributed by atoms with van der Waals surface area (Å²) in [5.41, 5.74) is 3.90. The van der Waals surface area contributed by atoms with Crippen molar-refractivity contribution in [3.63, 3.8) is 0 Å². The van der Waals surface area contributed by atoms with Crippen LogP contribution in [0.1, 0.15) is 34.6 Å². The fourth-order valence-corrected chi connectivity index (χ4v) is 3.65. The third-order valence-corrected chi connectivity index (χ3v) is 5.41. The molecule has 27 heavy (non-hydrogen) atoms. The van der Waals surface area contributed by atoms with E-state index < -0.39 is 0 Å². The summed E-state index contributed by atoms with van der Waals surface area (Å²) in [6, 6.07) is 5.46. The molecule has 1 atom stereocenters. The zero-order valence-electron chi connectivity index (χ0n) is 15.8. The third-order valence-electron chi connectivity index (χ3n) is 5.41. The fraction of sp³-hybridized carbons (Fsp3) is 0.500. The summed E-state index contributed by atoms with van der Waals surface area (Å²) in [5.74, 6) is 0.0348. The molecule has 0 radical (unpaired) electrons. The van der Waals surface area contributed by atoms with Gasteiger partial charge in [0, 0.05) is 38.3 Å². The van der Waals surface area contributed by atoms with Gasteiger partial charge in [0.15, 0.2) is 0 Å². The van der Waals surface area contributed by atoms with E-state index >= 15 is 0 Å². The second kappa shape index (κ2) is 7.23. The second-order valence-corrected chi connectivity index (χ2v) is 7.22. The molecule has 1 aromatic heterocycles. The smallest absolute Gasteiger partial charge is 0.254 e. The molecule has 0 aliphatic carbocycles. The molecule has 0 N–H and O–H groups in total. The number of fused-ring (bicyclic) bond motifs is 1. The van der Waals surface area contributed by atoms with Gasteiger partial charge in [-0.25, -0.2) is 9.97 Å². The van der Waals surface area contributed by atoms with Crippen LogP contribution in [0.25, 0.3) is 11.0 Å². The number of piperazine rings is 1. The molecule has 142 valence electrons. The van der Waals surface area contributed by atoms with Crippen LogP contribution < -0.4 is 0 Å². The van der Waals surface area contributed by atoms with Crippen LogP contribution >= 0.6 is 0 Å². The Morgan fingerprint density at radius 2 is 1.67 bits per heavy atom. The van der Waals surface area contributed by atoms with Crippen LogP contribution in [0.4, 0.5) is 0 Å². The molecule has 7 nitrogen and oxygen atoms in total. The van der Waals surface area contributed by atoms with Gasteiger partial charge in [0.1, 0.15) is 6.10 Å². The van der Waals surface area contributed by atoms with E-state index in [-0.39, 0.29) is 17.9 Å². The average Bonchev–Trinajstić information content (AvgIpc) is 3.22. The minimum Gasteiger partial charge on any atom is -0.368 e. The number of carbonyl (C=O) groups is 2. The lowest BCUT2D eigenvalue weighted by Gasteiger charge is -2.35. The Morgan fingerprint density at radius 3 is 2.33 bits per heavy atom. The van der Waals surface area contributed by atoms with Gasteiger partial charge in [-0.3, -0.25) is 9.59 Å². The highest BCUT2D eigenvalue weighted by molar-refractivity contribution is 5.97. The van der Waals surface area contributed by atoms with Crippen LogP contribution in [0.2, 0.25) is 0 Å². The molecule has 7 heteroatoms. The van der Waals surface area contributed by atoms with Crippen molar-refractivity contribution in [2.75, 3.05) is 32.8 Å². The lowest BCUT2D eigenvalue weighted by Crippen LogP contribution is -2.52. The topological polar surface area (TPSA) is 75.6 Å². The lowest BCUT2D eigenvalue weighted by atomic mass is 10.1. The zero-order chi connectivity index (χ0) is 19.0. The van der Waals surface area contributed by atoms with Gasteiger partial charge < -0.3 is 14.5 Å². The second-order valence-electron chi connectivity index (χ2n) is 7.22. The van der Waals surface area contributed by atoms with Gasteiger partial charge in [-0.15, -0.1) is 0 Å². The number of carbonyl (C=O) groups excluding carboxylic acids is 2. The summed E-state index contributed by atoms with van der Waals surface area (Å²) < 4.78 is 5.49. The monoisotopic (exact) mass is 368 g/mol. The number of amides is 2.